The molecule has 0 spiro atoms. The van der Waals surface area contributed by atoms with Crippen molar-refractivity contribution < 1.29 is 23.8 Å². The number of hydrogen-bond acceptors (Lipinski definition) is 5. The van der Waals surface area contributed by atoms with Gasteiger partial charge in [-0.1, -0.05) is 15.9 Å². The fraction of sp³-hybridized carbons (Fsp3) is 0.652. The first-order valence-electron chi connectivity index (χ1n) is 10.7. The van der Waals surface area contributed by atoms with E-state index in [1.54, 1.807) is 6.92 Å². The first kappa shape index (κ1) is 23.7. The SMILES string of the molecule is CCOC(=O)CCCCC1CCc2cc(C(C)=O)c(OCCCCCBr)cc2O1. The van der Waals surface area contributed by atoms with Crippen LogP contribution in [-0.2, 0) is 16.0 Å². The Hall–Kier alpha value is -1.56. The van der Waals surface area contributed by atoms with Crippen LogP contribution in [0, 0.1) is 0 Å². The molecule has 6 heteroatoms. The lowest BCUT2D eigenvalue weighted by atomic mass is 9.96. The number of fused-ring (bicyclic) bond motifs is 1. The van der Waals surface area contributed by atoms with Crippen LogP contribution in [-0.4, -0.2) is 36.4 Å². The standard InChI is InChI=1S/C23H33BrO5/c1-3-27-23(26)10-6-5-9-19-12-11-18-15-20(17(2)25)22(16-21(18)29-19)28-14-8-4-7-13-24/h15-16,19H,3-14H2,1-2H3. The number of esters is 1. The molecule has 1 atom stereocenters. The molecule has 0 N–H and O–H groups in total. The van der Waals surface area contributed by atoms with Gasteiger partial charge >= 0.3 is 5.97 Å². The Kier molecular flexibility index (Phi) is 10.5. The lowest BCUT2D eigenvalue weighted by molar-refractivity contribution is -0.143. The zero-order chi connectivity index (χ0) is 21.1. The van der Waals surface area contributed by atoms with Crippen LogP contribution in [0.4, 0.5) is 0 Å². The number of ketones is 1. The predicted molar refractivity (Wildman–Crippen MR) is 117 cm³/mol. The summed E-state index contributed by atoms with van der Waals surface area (Å²) in [6.07, 6.45) is 8.26. The third-order valence-corrected chi connectivity index (χ3v) is 5.63. The van der Waals surface area contributed by atoms with E-state index in [0.29, 0.717) is 30.9 Å². The number of ether oxygens (including phenoxy) is 3. The summed E-state index contributed by atoms with van der Waals surface area (Å²) in [5.41, 5.74) is 1.71. The third kappa shape index (κ3) is 8.00. The van der Waals surface area contributed by atoms with Gasteiger partial charge in [-0.3, -0.25) is 9.59 Å². The third-order valence-electron chi connectivity index (χ3n) is 5.07. The van der Waals surface area contributed by atoms with Gasteiger partial charge in [-0.15, -0.1) is 0 Å². The number of benzene rings is 1. The van der Waals surface area contributed by atoms with Crippen LogP contribution >= 0.6 is 15.9 Å². The van der Waals surface area contributed by atoms with Crippen molar-refractivity contribution in [2.75, 3.05) is 18.5 Å². The highest BCUT2D eigenvalue weighted by Gasteiger charge is 2.23. The second-order valence-corrected chi connectivity index (χ2v) is 8.23. The highest BCUT2D eigenvalue weighted by Crippen LogP contribution is 2.35. The summed E-state index contributed by atoms with van der Waals surface area (Å²) >= 11 is 3.44. The summed E-state index contributed by atoms with van der Waals surface area (Å²) in [4.78, 5) is 23.5. The average Bonchev–Trinajstić information content (AvgIpc) is 2.70. The second kappa shape index (κ2) is 12.9. The molecule has 0 fully saturated rings. The number of alkyl halides is 1. The molecule has 1 aromatic rings. The van der Waals surface area contributed by atoms with Gasteiger partial charge in [0.05, 0.1) is 24.9 Å². The molecule has 0 bridgehead atoms. The summed E-state index contributed by atoms with van der Waals surface area (Å²) in [6.45, 7) is 4.44. The van der Waals surface area contributed by atoms with E-state index >= 15 is 0 Å². The van der Waals surface area contributed by atoms with E-state index in [4.69, 9.17) is 14.2 Å². The molecular formula is C23H33BrO5. The van der Waals surface area contributed by atoms with Crippen molar-refractivity contribution in [1.29, 1.82) is 0 Å². The minimum absolute atomic E-state index is 0.0179. The molecule has 0 saturated carbocycles. The maximum atomic E-state index is 12.1. The quantitative estimate of drug-likeness (QED) is 0.162. The van der Waals surface area contributed by atoms with Gasteiger partial charge in [0.1, 0.15) is 11.5 Å². The smallest absolute Gasteiger partial charge is 0.305 e. The zero-order valence-electron chi connectivity index (χ0n) is 17.6. The van der Waals surface area contributed by atoms with Crippen molar-refractivity contribution >= 4 is 27.7 Å². The van der Waals surface area contributed by atoms with E-state index in [2.05, 4.69) is 15.9 Å². The molecule has 1 unspecified atom stereocenters. The van der Waals surface area contributed by atoms with Crippen LogP contribution in [0.2, 0.25) is 0 Å². The van der Waals surface area contributed by atoms with Gasteiger partial charge in [-0.25, -0.2) is 0 Å². The van der Waals surface area contributed by atoms with Gasteiger partial charge in [0, 0.05) is 17.8 Å². The van der Waals surface area contributed by atoms with Gasteiger partial charge in [-0.2, -0.15) is 0 Å². The number of aryl methyl sites for hydroxylation is 1. The molecule has 5 nitrogen and oxygen atoms in total. The number of Topliss-reactive ketones (excluding diaryl/α,β-unsaturated/α-hetero) is 1. The summed E-state index contributed by atoms with van der Waals surface area (Å²) in [5, 5.41) is 1.000. The first-order chi connectivity index (χ1) is 14.0. The zero-order valence-corrected chi connectivity index (χ0v) is 19.2. The Balaban J connectivity index is 1.91. The van der Waals surface area contributed by atoms with Crippen LogP contribution in [0.5, 0.6) is 11.5 Å². The van der Waals surface area contributed by atoms with E-state index in [1.165, 1.54) is 0 Å². The van der Waals surface area contributed by atoms with E-state index in [0.717, 1.165) is 68.0 Å². The van der Waals surface area contributed by atoms with Gasteiger partial charge < -0.3 is 14.2 Å². The van der Waals surface area contributed by atoms with Crippen LogP contribution < -0.4 is 9.47 Å². The lowest BCUT2D eigenvalue weighted by Gasteiger charge is -2.27. The van der Waals surface area contributed by atoms with Crippen molar-refractivity contribution in [3.63, 3.8) is 0 Å². The van der Waals surface area contributed by atoms with Crippen molar-refractivity contribution in [2.24, 2.45) is 0 Å². The van der Waals surface area contributed by atoms with E-state index in [-0.39, 0.29) is 17.9 Å². The van der Waals surface area contributed by atoms with Crippen LogP contribution in [0.15, 0.2) is 12.1 Å². The van der Waals surface area contributed by atoms with Gasteiger partial charge in [0.15, 0.2) is 5.78 Å². The van der Waals surface area contributed by atoms with E-state index in [9.17, 15) is 9.59 Å². The highest BCUT2D eigenvalue weighted by molar-refractivity contribution is 9.09. The summed E-state index contributed by atoms with van der Waals surface area (Å²) in [5.74, 6) is 1.34. The molecular weight excluding hydrogens is 436 g/mol. The average molecular weight is 469 g/mol. The van der Waals surface area contributed by atoms with E-state index in [1.807, 2.05) is 19.1 Å². The minimum Gasteiger partial charge on any atom is -0.493 e. The fourth-order valence-electron chi connectivity index (χ4n) is 3.49. The number of halogens is 1. The Bertz CT molecular complexity index is 673. The maximum Gasteiger partial charge on any atom is 0.305 e. The topological polar surface area (TPSA) is 61.8 Å². The first-order valence-corrected chi connectivity index (χ1v) is 11.9. The van der Waals surface area contributed by atoms with Crippen LogP contribution in [0.1, 0.15) is 81.1 Å². The van der Waals surface area contributed by atoms with Crippen molar-refractivity contribution in [3.05, 3.63) is 23.3 Å². The van der Waals surface area contributed by atoms with Gasteiger partial charge in [-0.05, 0) is 76.8 Å². The summed E-state index contributed by atoms with van der Waals surface area (Å²) < 4.78 is 17.1. The largest absolute Gasteiger partial charge is 0.493 e. The molecule has 1 aromatic carbocycles. The molecule has 1 aliphatic rings. The molecule has 0 amide bonds. The molecule has 29 heavy (non-hydrogen) atoms. The number of unbranched alkanes of at least 4 members (excludes halogenated alkanes) is 3. The highest BCUT2D eigenvalue weighted by atomic mass is 79.9. The molecule has 0 aromatic heterocycles. The summed E-state index contributed by atoms with van der Waals surface area (Å²) in [7, 11) is 0. The van der Waals surface area contributed by atoms with Crippen molar-refractivity contribution in [3.8, 4) is 11.5 Å². The number of carbonyl (C=O) groups is 2. The minimum atomic E-state index is -0.128. The van der Waals surface area contributed by atoms with Crippen LogP contribution in [0.25, 0.3) is 0 Å². The summed E-state index contributed by atoms with van der Waals surface area (Å²) in [6, 6.07) is 3.82. The normalized spacial score (nSPS) is 15.3. The number of rotatable bonds is 13. The maximum absolute atomic E-state index is 12.1. The lowest BCUT2D eigenvalue weighted by Crippen LogP contribution is -2.23. The molecule has 2 rings (SSSR count). The van der Waals surface area contributed by atoms with Gasteiger partial charge in [0.2, 0.25) is 0 Å². The molecule has 0 aliphatic carbocycles. The van der Waals surface area contributed by atoms with Crippen LogP contribution in [0.3, 0.4) is 0 Å². The van der Waals surface area contributed by atoms with E-state index < -0.39 is 0 Å². The van der Waals surface area contributed by atoms with Crippen molar-refractivity contribution in [1.82, 2.24) is 0 Å². The molecule has 0 radical (unpaired) electrons. The second-order valence-electron chi connectivity index (χ2n) is 7.44. The van der Waals surface area contributed by atoms with Gasteiger partial charge in [0.25, 0.3) is 0 Å². The Morgan fingerprint density at radius 3 is 2.72 bits per heavy atom. The number of carbonyl (C=O) groups excluding carboxylic acids is 2. The Labute approximate surface area is 182 Å². The van der Waals surface area contributed by atoms with Crippen molar-refractivity contribution in [2.45, 2.75) is 77.7 Å². The monoisotopic (exact) mass is 468 g/mol. The Morgan fingerprint density at radius 2 is 2.00 bits per heavy atom. The number of hydrogen-bond donors (Lipinski definition) is 0. The predicted octanol–water partition coefficient (Wildman–Crippen LogP) is 5.65. The molecule has 162 valence electrons. The Morgan fingerprint density at radius 1 is 1.17 bits per heavy atom. The molecule has 0 saturated heterocycles. The molecule has 1 heterocycles. The fourth-order valence-corrected chi connectivity index (χ4v) is 3.89. The molecule has 1 aliphatic heterocycles.